The van der Waals surface area contributed by atoms with Crippen LogP contribution in [0.2, 0.25) is 0 Å². The number of thiazole rings is 1. The number of nitriles is 1. The van der Waals surface area contributed by atoms with E-state index in [1.807, 2.05) is 13.8 Å². The lowest BCUT2D eigenvalue weighted by Gasteiger charge is -2.27. The number of ether oxygens (including phenoxy) is 1. The predicted molar refractivity (Wildman–Crippen MR) is 148 cm³/mol. The first-order valence-electron chi connectivity index (χ1n) is 13.9. The topological polar surface area (TPSA) is 121 Å². The summed E-state index contributed by atoms with van der Waals surface area (Å²) in [4.78, 5) is 30.7. The van der Waals surface area contributed by atoms with Crippen molar-refractivity contribution < 1.29 is 24.5 Å². The van der Waals surface area contributed by atoms with E-state index in [-0.39, 0.29) is 17.8 Å². The molecule has 2 N–H and O–H groups in total. The maximum absolute atomic E-state index is 13.5. The number of fused-ring (bicyclic) bond motifs is 1. The fraction of sp³-hybridized carbons (Fsp3) is 0.667. The molecule has 7 nitrogen and oxygen atoms in total. The Kier molecular flexibility index (Phi) is 10.7. The van der Waals surface area contributed by atoms with Crippen LogP contribution in [0.1, 0.15) is 98.9 Å². The quantitative estimate of drug-likeness (QED) is 0.413. The van der Waals surface area contributed by atoms with Crippen molar-refractivity contribution in [2.45, 2.75) is 97.7 Å². The zero-order chi connectivity index (χ0) is 28.0. The number of aryl methyl sites for hydroxylation is 1. The summed E-state index contributed by atoms with van der Waals surface area (Å²) in [6.07, 6.45) is 8.66. The van der Waals surface area contributed by atoms with Gasteiger partial charge in [0.15, 0.2) is 0 Å². The van der Waals surface area contributed by atoms with Crippen LogP contribution in [-0.2, 0) is 9.53 Å². The molecule has 8 atom stereocenters. The summed E-state index contributed by atoms with van der Waals surface area (Å²) in [7, 11) is 0. The second-order valence-electron chi connectivity index (χ2n) is 11.6. The molecule has 1 saturated carbocycles. The number of cyclic esters (lactones) is 1. The Labute approximate surface area is 230 Å². The maximum atomic E-state index is 13.5. The SMILES string of the molecule is Cc1nc2c(s1)C(=O)OC(C1CCCC1C(=O)O)C/C=C/C=C(\C#N)C(O)C(C)CC(C)CC(C)CC2C. The molecule has 0 spiro atoms. The summed E-state index contributed by atoms with van der Waals surface area (Å²) in [5, 5.41) is 31.1. The largest absolute Gasteiger partial charge is 0.481 e. The third-order valence-electron chi connectivity index (χ3n) is 8.14. The highest BCUT2D eigenvalue weighted by atomic mass is 32.1. The molecule has 2 heterocycles. The van der Waals surface area contributed by atoms with Crippen molar-refractivity contribution in [1.29, 1.82) is 5.26 Å². The number of aliphatic hydroxyl groups excluding tert-OH is 1. The highest BCUT2D eigenvalue weighted by molar-refractivity contribution is 7.13. The van der Waals surface area contributed by atoms with E-state index in [9.17, 15) is 25.1 Å². The van der Waals surface area contributed by atoms with Crippen molar-refractivity contribution in [2.24, 2.45) is 29.6 Å². The molecule has 2 aliphatic rings. The van der Waals surface area contributed by atoms with Gasteiger partial charge in [0.25, 0.3) is 0 Å². The Hall–Kier alpha value is -2.50. The van der Waals surface area contributed by atoms with Gasteiger partial charge in [-0.2, -0.15) is 5.26 Å². The average molecular weight is 543 g/mol. The van der Waals surface area contributed by atoms with E-state index in [0.29, 0.717) is 41.5 Å². The summed E-state index contributed by atoms with van der Waals surface area (Å²) in [5.41, 5.74) is 1.06. The Balaban J connectivity index is 1.98. The van der Waals surface area contributed by atoms with Crippen molar-refractivity contribution in [3.8, 4) is 6.07 Å². The van der Waals surface area contributed by atoms with Crippen LogP contribution in [0.5, 0.6) is 0 Å². The Morgan fingerprint density at radius 3 is 2.55 bits per heavy atom. The van der Waals surface area contributed by atoms with Crippen LogP contribution in [0.4, 0.5) is 0 Å². The number of carbonyl (C=O) groups is 2. The molecule has 0 radical (unpaired) electrons. The second kappa shape index (κ2) is 13.5. The fourth-order valence-electron chi connectivity index (χ4n) is 6.42. The van der Waals surface area contributed by atoms with Gasteiger partial charge in [-0.3, -0.25) is 4.79 Å². The molecule has 1 aromatic heterocycles. The zero-order valence-corrected chi connectivity index (χ0v) is 24.0. The lowest BCUT2D eigenvalue weighted by molar-refractivity contribution is -0.144. The number of aliphatic hydroxyl groups is 1. The number of allylic oxidation sites excluding steroid dienone is 2. The third-order valence-corrected chi connectivity index (χ3v) is 9.10. The van der Waals surface area contributed by atoms with Gasteiger partial charge in [-0.15, -0.1) is 11.3 Å². The van der Waals surface area contributed by atoms with E-state index < -0.39 is 30.1 Å². The zero-order valence-electron chi connectivity index (χ0n) is 23.2. The number of hydrogen-bond donors (Lipinski definition) is 2. The average Bonchev–Trinajstić information content (AvgIpc) is 3.49. The number of aliphatic carboxylic acids is 1. The standard InChI is InChI=1S/C30H42N2O5S/c1-17-13-18(2)15-20(4)27(33)22(16-31)9-6-7-12-25(23-10-8-11-24(23)29(34)35)37-30(36)28-26(19(3)14-17)32-21(5)38-28/h6-7,9,17-20,23-25,27,33H,8,10-15H2,1-5H3,(H,34,35)/b7-6+,22-9+. The molecule has 0 saturated heterocycles. The molecule has 0 amide bonds. The molecule has 1 aromatic rings. The number of hydrogen-bond acceptors (Lipinski definition) is 7. The van der Waals surface area contributed by atoms with Gasteiger partial charge in [-0.1, -0.05) is 46.3 Å². The minimum atomic E-state index is -0.861. The predicted octanol–water partition coefficient (Wildman–Crippen LogP) is 6.43. The van der Waals surface area contributed by atoms with Gasteiger partial charge >= 0.3 is 11.9 Å². The van der Waals surface area contributed by atoms with Crippen LogP contribution in [0.3, 0.4) is 0 Å². The van der Waals surface area contributed by atoms with Crippen LogP contribution >= 0.6 is 11.3 Å². The molecular formula is C30H42N2O5S. The summed E-state index contributed by atoms with van der Waals surface area (Å²) >= 11 is 1.34. The molecule has 8 unspecified atom stereocenters. The van der Waals surface area contributed by atoms with Gasteiger partial charge in [0.05, 0.1) is 34.4 Å². The molecule has 1 aliphatic heterocycles. The van der Waals surface area contributed by atoms with Crippen LogP contribution in [0.15, 0.2) is 23.8 Å². The normalized spacial score (nSPS) is 36.0. The number of carboxylic acid groups (broad SMARTS) is 1. The monoisotopic (exact) mass is 542 g/mol. The van der Waals surface area contributed by atoms with Crippen LogP contribution in [0, 0.1) is 47.8 Å². The van der Waals surface area contributed by atoms with E-state index in [4.69, 9.17) is 9.72 Å². The lowest BCUT2D eigenvalue weighted by atomic mass is 9.82. The first-order valence-corrected chi connectivity index (χ1v) is 14.7. The van der Waals surface area contributed by atoms with Crippen LogP contribution < -0.4 is 0 Å². The molecule has 3 rings (SSSR count). The van der Waals surface area contributed by atoms with Crippen molar-refractivity contribution in [3.63, 3.8) is 0 Å². The van der Waals surface area contributed by atoms with Gasteiger partial charge in [-0.05, 0) is 62.9 Å². The molecule has 38 heavy (non-hydrogen) atoms. The highest BCUT2D eigenvalue weighted by Gasteiger charge is 2.40. The number of aromatic nitrogens is 1. The number of nitrogens with zero attached hydrogens (tertiary/aromatic N) is 2. The lowest BCUT2D eigenvalue weighted by Crippen LogP contribution is -2.32. The Morgan fingerprint density at radius 1 is 1.16 bits per heavy atom. The first kappa shape index (κ1) is 30.0. The smallest absolute Gasteiger partial charge is 0.350 e. The summed E-state index contributed by atoms with van der Waals surface area (Å²) in [5.74, 6) is -1.39. The van der Waals surface area contributed by atoms with Crippen molar-refractivity contribution >= 4 is 23.3 Å². The van der Waals surface area contributed by atoms with Crippen molar-refractivity contribution in [2.75, 3.05) is 0 Å². The van der Waals surface area contributed by atoms with Crippen LogP contribution in [-0.4, -0.2) is 39.3 Å². The number of esters is 1. The van der Waals surface area contributed by atoms with Crippen molar-refractivity contribution in [1.82, 2.24) is 4.98 Å². The Bertz CT molecular complexity index is 1090. The molecule has 1 fully saturated rings. The van der Waals surface area contributed by atoms with E-state index >= 15 is 0 Å². The Morgan fingerprint density at radius 2 is 1.87 bits per heavy atom. The number of rotatable bonds is 2. The maximum Gasteiger partial charge on any atom is 0.350 e. The summed E-state index contributed by atoms with van der Waals surface area (Å²) in [6, 6.07) is 2.13. The molecule has 208 valence electrons. The van der Waals surface area contributed by atoms with Gasteiger partial charge in [0.2, 0.25) is 0 Å². The van der Waals surface area contributed by atoms with Gasteiger partial charge < -0.3 is 14.9 Å². The summed E-state index contributed by atoms with van der Waals surface area (Å²) in [6.45, 7) is 10.4. The van der Waals surface area contributed by atoms with E-state index in [1.54, 1.807) is 18.2 Å². The number of carbonyl (C=O) groups excluding carboxylic acids is 1. The first-order chi connectivity index (χ1) is 18.0. The molecule has 8 heteroatoms. The number of carboxylic acids is 1. The van der Waals surface area contributed by atoms with E-state index in [1.165, 1.54) is 11.3 Å². The van der Waals surface area contributed by atoms with Gasteiger partial charge in [0.1, 0.15) is 11.0 Å². The third kappa shape index (κ3) is 7.54. The van der Waals surface area contributed by atoms with Gasteiger partial charge in [0, 0.05) is 18.3 Å². The molecular weight excluding hydrogens is 500 g/mol. The molecule has 0 bridgehead atoms. The van der Waals surface area contributed by atoms with E-state index in [0.717, 1.165) is 36.4 Å². The van der Waals surface area contributed by atoms with E-state index in [2.05, 4.69) is 26.8 Å². The van der Waals surface area contributed by atoms with Crippen molar-refractivity contribution in [3.05, 3.63) is 39.4 Å². The molecule has 0 aromatic carbocycles. The fourth-order valence-corrected chi connectivity index (χ4v) is 7.34. The molecule has 1 aliphatic carbocycles. The minimum absolute atomic E-state index is 0.0656. The van der Waals surface area contributed by atoms with Crippen LogP contribution in [0.25, 0.3) is 0 Å². The van der Waals surface area contributed by atoms with Gasteiger partial charge in [-0.25, -0.2) is 9.78 Å². The highest BCUT2D eigenvalue weighted by Crippen LogP contribution is 2.38. The summed E-state index contributed by atoms with van der Waals surface area (Å²) < 4.78 is 6.07. The second-order valence-corrected chi connectivity index (χ2v) is 12.8. The minimum Gasteiger partial charge on any atom is -0.481 e.